The zero-order valence-electron chi connectivity index (χ0n) is 37.5. The van der Waals surface area contributed by atoms with Gasteiger partial charge in [0, 0.05) is 0 Å². The summed E-state index contributed by atoms with van der Waals surface area (Å²) in [4.78, 5) is 13.1. The molecule has 0 spiro atoms. The molecule has 1 saturated heterocycles. The fourth-order valence-corrected chi connectivity index (χ4v) is 8.04. The largest absolute Gasteiger partial charge is 0.394 e. The van der Waals surface area contributed by atoms with Crippen LogP contribution in [-0.2, 0) is 14.3 Å². The minimum Gasteiger partial charge on any atom is -0.394 e. The Labute approximate surface area is 354 Å². The summed E-state index contributed by atoms with van der Waals surface area (Å²) in [7, 11) is 0. The Balaban J connectivity index is 2.41. The Hall–Kier alpha value is -0.890. The number of hydrogen-bond donors (Lipinski definition) is 8. The molecule has 346 valence electrons. The molecule has 8 N–H and O–H groups in total. The monoisotopic (exact) mass is 832 g/mol. The van der Waals surface area contributed by atoms with E-state index in [-0.39, 0.29) is 6.42 Å². The van der Waals surface area contributed by atoms with Crippen molar-refractivity contribution in [2.45, 2.75) is 275 Å². The topological polar surface area (TPSA) is 189 Å². The molecule has 1 aliphatic heterocycles. The standard InChI is InChI=1S/C47H93NO10/c1-4-5-6-7-8-9-10-11-12-13-14-15-16-17-22-25-28-31-34-40(51)46(56)48-38(36-57-47-45(55)44(54)43(53)41(35-49)58-47)42(52)39(50)33-30-27-24-21-19-18-20-23-26-29-32-37(2)3/h37-45,47,49-55H,4-36H2,1-3H3,(H,48,56). The Morgan fingerprint density at radius 1 is 0.569 bits per heavy atom. The molecule has 0 aliphatic carbocycles. The lowest BCUT2D eigenvalue weighted by molar-refractivity contribution is -0.303. The first-order chi connectivity index (χ1) is 28.0. The molecule has 0 aromatic rings. The lowest BCUT2D eigenvalue weighted by Crippen LogP contribution is -2.60. The van der Waals surface area contributed by atoms with E-state index in [0.717, 1.165) is 44.4 Å². The lowest BCUT2D eigenvalue weighted by atomic mass is 9.98. The number of aliphatic hydroxyl groups excluding tert-OH is 7. The van der Waals surface area contributed by atoms with Crippen LogP contribution < -0.4 is 5.32 Å². The molecule has 9 atom stereocenters. The summed E-state index contributed by atoms with van der Waals surface area (Å²) in [5.41, 5.74) is 0. The molecule has 0 saturated carbocycles. The molecular formula is C47H93NO10. The molecule has 58 heavy (non-hydrogen) atoms. The number of nitrogens with one attached hydrogen (secondary N) is 1. The SMILES string of the molecule is CCCCCCCCCCCCCCCCCCCCC(O)C(=O)NC(COC1OC(CO)C(O)C(O)C1O)C(O)C(O)CCCCCCCCCCCCC(C)C. The third-order valence-corrected chi connectivity index (χ3v) is 12.1. The molecule has 0 bridgehead atoms. The summed E-state index contributed by atoms with van der Waals surface area (Å²) in [6.07, 6.45) is 24.4. The van der Waals surface area contributed by atoms with E-state index in [1.807, 2.05) is 0 Å². The number of aliphatic hydroxyl groups is 7. The van der Waals surface area contributed by atoms with E-state index in [0.29, 0.717) is 19.3 Å². The molecule has 0 radical (unpaired) electrons. The number of unbranched alkanes of at least 4 members (excludes halogenated alkanes) is 26. The van der Waals surface area contributed by atoms with E-state index >= 15 is 0 Å². The molecular weight excluding hydrogens is 739 g/mol. The number of ether oxygens (including phenoxy) is 2. The average molecular weight is 832 g/mol. The number of rotatable bonds is 40. The van der Waals surface area contributed by atoms with Gasteiger partial charge in [0.1, 0.15) is 36.6 Å². The van der Waals surface area contributed by atoms with Gasteiger partial charge in [0.15, 0.2) is 6.29 Å². The fourth-order valence-electron chi connectivity index (χ4n) is 8.04. The summed E-state index contributed by atoms with van der Waals surface area (Å²) >= 11 is 0. The summed E-state index contributed by atoms with van der Waals surface area (Å²) < 4.78 is 11.1. The molecule has 1 rings (SSSR count). The highest BCUT2D eigenvalue weighted by molar-refractivity contribution is 5.80. The van der Waals surface area contributed by atoms with Gasteiger partial charge in [-0.2, -0.15) is 0 Å². The molecule has 1 amide bonds. The lowest BCUT2D eigenvalue weighted by Gasteiger charge is -2.40. The molecule has 0 aromatic heterocycles. The van der Waals surface area contributed by atoms with Gasteiger partial charge in [-0.3, -0.25) is 4.79 Å². The Kier molecular flexibility index (Phi) is 34.9. The van der Waals surface area contributed by atoms with Gasteiger partial charge in [-0.25, -0.2) is 0 Å². The second kappa shape index (κ2) is 36.7. The van der Waals surface area contributed by atoms with Gasteiger partial charge >= 0.3 is 0 Å². The molecule has 1 aliphatic rings. The fraction of sp³-hybridized carbons (Fsp3) is 0.979. The Morgan fingerprint density at radius 2 is 0.966 bits per heavy atom. The van der Waals surface area contributed by atoms with Crippen molar-refractivity contribution >= 4 is 5.91 Å². The van der Waals surface area contributed by atoms with Crippen LogP contribution >= 0.6 is 0 Å². The highest BCUT2D eigenvalue weighted by Gasteiger charge is 2.44. The van der Waals surface area contributed by atoms with Crippen LogP contribution in [0.15, 0.2) is 0 Å². The van der Waals surface area contributed by atoms with E-state index in [2.05, 4.69) is 26.1 Å². The van der Waals surface area contributed by atoms with Gasteiger partial charge in [-0.1, -0.05) is 207 Å². The van der Waals surface area contributed by atoms with Gasteiger partial charge in [0.25, 0.3) is 0 Å². The van der Waals surface area contributed by atoms with Crippen molar-refractivity contribution < 1.29 is 50.0 Å². The van der Waals surface area contributed by atoms with Gasteiger partial charge in [-0.05, 0) is 18.8 Å². The van der Waals surface area contributed by atoms with Crippen LogP contribution in [0.5, 0.6) is 0 Å². The molecule has 1 heterocycles. The molecule has 11 nitrogen and oxygen atoms in total. The predicted octanol–water partition coefficient (Wildman–Crippen LogP) is 8.14. The zero-order chi connectivity index (χ0) is 42.8. The minimum absolute atomic E-state index is 0.266. The van der Waals surface area contributed by atoms with Crippen molar-refractivity contribution in [2.24, 2.45) is 5.92 Å². The number of amides is 1. The van der Waals surface area contributed by atoms with Crippen LogP contribution in [0, 0.1) is 5.92 Å². The van der Waals surface area contributed by atoms with Crippen LogP contribution in [0.25, 0.3) is 0 Å². The van der Waals surface area contributed by atoms with Crippen LogP contribution in [0.4, 0.5) is 0 Å². The van der Waals surface area contributed by atoms with Crippen LogP contribution in [0.2, 0.25) is 0 Å². The van der Waals surface area contributed by atoms with Gasteiger partial charge in [-0.15, -0.1) is 0 Å². The van der Waals surface area contributed by atoms with Crippen molar-refractivity contribution in [1.82, 2.24) is 5.32 Å². The maximum Gasteiger partial charge on any atom is 0.249 e. The maximum atomic E-state index is 13.1. The zero-order valence-corrected chi connectivity index (χ0v) is 37.5. The van der Waals surface area contributed by atoms with Crippen molar-refractivity contribution in [3.8, 4) is 0 Å². The van der Waals surface area contributed by atoms with E-state index in [9.17, 15) is 40.5 Å². The summed E-state index contributed by atoms with van der Waals surface area (Å²) in [6, 6.07) is -1.16. The molecule has 9 unspecified atom stereocenters. The van der Waals surface area contributed by atoms with E-state index in [1.54, 1.807) is 0 Å². The van der Waals surface area contributed by atoms with Crippen molar-refractivity contribution in [1.29, 1.82) is 0 Å². The van der Waals surface area contributed by atoms with Gasteiger partial charge < -0.3 is 50.5 Å². The first-order valence-electron chi connectivity index (χ1n) is 24.3. The summed E-state index contributed by atoms with van der Waals surface area (Å²) in [6.45, 7) is 5.76. The van der Waals surface area contributed by atoms with Crippen molar-refractivity contribution in [3.05, 3.63) is 0 Å². The Morgan fingerprint density at radius 3 is 1.38 bits per heavy atom. The summed E-state index contributed by atoms with van der Waals surface area (Å²) in [5, 5.41) is 75.7. The second-order valence-corrected chi connectivity index (χ2v) is 18.0. The second-order valence-electron chi connectivity index (χ2n) is 18.0. The number of carbonyl (C=O) groups is 1. The molecule has 11 heteroatoms. The highest BCUT2D eigenvalue weighted by atomic mass is 16.7. The quantitative estimate of drug-likeness (QED) is 0.0280. The van der Waals surface area contributed by atoms with Crippen molar-refractivity contribution in [3.63, 3.8) is 0 Å². The maximum absolute atomic E-state index is 13.1. The molecule has 0 aromatic carbocycles. The highest BCUT2D eigenvalue weighted by Crippen LogP contribution is 2.23. The third-order valence-electron chi connectivity index (χ3n) is 12.1. The van der Waals surface area contributed by atoms with Gasteiger partial charge in [0.2, 0.25) is 5.91 Å². The number of hydrogen-bond acceptors (Lipinski definition) is 10. The van der Waals surface area contributed by atoms with Crippen molar-refractivity contribution in [2.75, 3.05) is 13.2 Å². The number of carbonyl (C=O) groups excluding carboxylic acids is 1. The van der Waals surface area contributed by atoms with Crippen LogP contribution in [0.1, 0.15) is 220 Å². The minimum atomic E-state index is -1.66. The average Bonchev–Trinajstić information content (AvgIpc) is 3.21. The van der Waals surface area contributed by atoms with Crippen LogP contribution in [0.3, 0.4) is 0 Å². The smallest absolute Gasteiger partial charge is 0.249 e. The summed E-state index contributed by atoms with van der Waals surface area (Å²) in [5.74, 6) is 0.0840. The predicted molar refractivity (Wildman–Crippen MR) is 233 cm³/mol. The Bertz CT molecular complexity index is 926. The first-order valence-corrected chi connectivity index (χ1v) is 24.3. The van der Waals surface area contributed by atoms with Gasteiger partial charge in [0.05, 0.1) is 25.4 Å². The van der Waals surface area contributed by atoms with Crippen LogP contribution in [-0.4, -0.2) is 110 Å². The van der Waals surface area contributed by atoms with E-state index < -0.39 is 74.2 Å². The molecule has 1 fully saturated rings. The first kappa shape index (κ1) is 55.1. The van der Waals surface area contributed by atoms with E-state index in [4.69, 9.17) is 9.47 Å². The normalized spacial score (nSPS) is 21.9. The third kappa shape index (κ3) is 27.1. The van der Waals surface area contributed by atoms with E-state index in [1.165, 1.54) is 135 Å².